The highest BCUT2D eigenvalue weighted by Crippen LogP contribution is 2.38. The van der Waals surface area contributed by atoms with Crippen molar-refractivity contribution in [2.24, 2.45) is 0 Å². The Bertz CT molecular complexity index is 753. The number of carbonyl (C=O) groups excluding carboxylic acids is 1. The molecule has 2 N–H and O–H groups in total. The van der Waals surface area contributed by atoms with Gasteiger partial charge in [0.05, 0.1) is 39.9 Å². The van der Waals surface area contributed by atoms with Crippen LogP contribution in [0.2, 0.25) is 0 Å². The van der Waals surface area contributed by atoms with E-state index in [2.05, 4.69) is 31.3 Å². The number of quaternary nitrogens is 1. The molecule has 0 aromatic carbocycles. The maximum Gasteiger partial charge on any atom is 0.268 e. The minimum Gasteiger partial charge on any atom is -0.756 e. The molecule has 9 heteroatoms. The van der Waals surface area contributed by atoms with Crippen molar-refractivity contribution < 1.29 is 32.9 Å². The van der Waals surface area contributed by atoms with Gasteiger partial charge in [-0.05, 0) is 32.1 Å². The molecule has 0 saturated carbocycles. The Morgan fingerprint density at radius 2 is 1.33 bits per heavy atom. The first-order valence-electron chi connectivity index (χ1n) is 16.7. The van der Waals surface area contributed by atoms with E-state index in [0.29, 0.717) is 17.4 Å². The fraction of sp³-hybridized carbons (Fsp3) is 0.848. The van der Waals surface area contributed by atoms with E-state index < -0.39 is 26.6 Å². The molecular weight excluding hydrogens is 551 g/mol. The summed E-state index contributed by atoms with van der Waals surface area (Å²) in [5.41, 5.74) is 0. The predicted molar refractivity (Wildman–Crippen MR) is 173 cm³/mol. The Labute approximate surface area is 258 Å². The number of aliphatic hydroxyl groups excluding tert-OH is 1. The highest BCUT2D eigenvalue weighted by Gasteiger charge is 2.23. The van der Waals surface area contributed by atoms with Crippen LogP contribution in [0.5, 0.6) is 0 Å². The van der Waals surface area contributed by atoms with Crippen LogP contribution in [0.3, 0.4) is 0 Å². The van der Waals surface area contributed by atoms with Gasteiger partial charge in [-0.15, -0.1) is 0 Å². The van der Waals surface area contributed by atoms with Crippen molar-refractivity contribution in [2.75, 3.05) is 40.9 Å². The van der Waals surface area contributed by atoms with E-state index >= 15 is 0 Å². The standard InChI is InChI=1S/C33H65N2O6P/c1-6-8-10-12-14-16-17-19-21-23-25-27-33(37)34-31(30-41-42(38,39)40-29-28-35(3,4)5)32(36)26-24-22-20-18-15-13-11-9-7-2/h15,18,24,26,31-32,36H,6-14,16-17,19-23,25,27-30H2,1-5H3,(H-,34,37,38,39)/b18-15+,26-24+/t31-,32+/m0/s1. The van der Waals surface area contributed by atoms with Gasteiger partial charge in [-0.2, -0.15) is 0 Å². The van der Waals surface area contributed by atoms with Gasteiger partial charge in [0.1, 0.15) is 13.2 Å². The zero-order chi connectivity index (χ0) is 31.5. The van der Waals surface area contributed by atoms with E-state index in [1.54, 1.807) is 6.08 Å². The Hall–Kier alpha value is -1.02. The number of carbonyl (C=O) groups is 1. The van der Waals surface area contributed by atoms with Crippen molar-refractivity contribution in [3.8, 4) is 0 Å². The van der Waals surface area contributed by atoms with E-state index in [1.807, 2.05) is 27.2 Å². The number of rotatable bonds is 29. The number of likely N-dealkylation sites (N-methyl/N-ethyl adjacent to an activating group) is 1. The van der Waals surface area contributed by atoms with Crippen LogP contribution in [-0.4, -0.2) is 68.5 Å². The number of amides is 1. The van der Waals surface area contributed by atoms with Gasteiger partial charge >= 0.3 is 0 Å². The summed E-state index contributed by atoms with van der Waals surface area (Å²) >= 11 is 0. The first-order chi connectivity index (χ1) is 20.0. The summed E-state index contributed by atoms with van der Waals surface area (Å²) in [4.78, 5) is 25.0. The van der Waals surface area contributed by atoms with Crippen molar-refractivity contribution in [2.45, 2.75) is 142 Å². The second-order valence-corrected chi connectivity index (χ2v) is 13.9. The number of hydrogen-bond donors (Lipinski definition) is 2. The second-order valence-electron chi connectivity index (χ2n) is 12.5. The molecule has 8 nitrogen and oxygen atoms in total. The highest BCUT2D eigenvalue weighted by molar-refractivity contribution is 7.45. The Morgan fingerprint density at radius 3 is 1.93 bits per heavy atom. The number of hydrogen-bond acceptors (Lipinski definition) is 6. The van der Waals surface area contributed by atoms with Gasteiger partial charge in [0.15, 0.2) is 0 Å². The topological polar surface area (TPSA) is 108 Å². The molecule has 0 aliphatic carbocycles. The van der Waals surface area contributed by atoms with Crippen LogP contribution in [0.1, 0.15) is 129 Å². The Kier molecular flexibility index (Phi) is 25.7. The SMILES string of the molecule is CCCCC/C=C/CC/C=C/[C@@H](O)[C@H](COP(=O)([O-])OCC[N+](C)(C)C)NC(=O)CCCCCCCCCCCCC. The summed E-state index contributed by atoms with van der Waals surface area (Å²) in [5.74, 6) is -0.214. The molecular formula is C33H65N2O6P. The lowest BCUT2D eigenvalue weighted by Crippen LogP contribution is -2.45. The number of phosphoric acid groups is 1. The van der Waals surface area contributed by atoms with Gasteiger partial charge in [0.25, 0.3) is 7.82 Å². The maximum absolute atomic E-state index is 12.7. The molecule has 0 heterocycles. The summed E-state index contributed by atoms with van der Waals surface area (Å²) in [7, 11) is 1.24. The molecule has 3 atom stereocenters. The summed E-state index contributed by atoms with van der Waals surface area (Å²) in [6.07, 6.45) is 26.6. The van der Waals surface area contributed by atoms with Crippen molar-refractivity contribution in [3.63, 3.8) is 0 Å². The first-order valence-corrected chi connectivity index (χ1v) is 18.2. The van der Waals surface area contributed by atoms with Crippen molar-refractivity contribution in [1.29, 1.82) is 0 Å². The maximum atomic E-state index is 12.7. The monoisotopic (exact) mass is 616 g/mol. The fourth-order valence-corrected chi connectivity index (χ4v) is 5.12. The average molecular weight is 617 g/mol. The predicted octanol–water partition coefficient (Wildman–Crippen LogP) is 7.21. The molecule has 0 bridgehead atoms. The van der Waals surface area contributed by atoms with E-state index in [9.17, 15) is 19.4 Å². The molecule has 1 amide bonds. The molecule has 0 rings (SSSR count). The van der Waals surface area contributed by atoms with Gasteiger partial charge in [-0.3, -0.25) is 9.36 Å². The number of aliphatic hydroxyl groups is 1. The molecule has 42 heavy (non-hydrogen) atoms. The number of phosphoric ester groups is 1. The zero-order valence-electron chi connectivity index (χ0n) is 27.7. The average Bonchev–Trinajstić information content (AvgIpc) is 2.92. The van der Waals surface area contributed by atoms with Crippen molar-refractivity contribution in [3.05, 3.63) is 24.3 Å². The van der Waals surface area contributed by atoms with Gasteiger partial charge in [-0.25, -0.2) is 0 Å². The minimum atomic E-state index is -4.57. The van der Waals surface area contributed by atoms with E-state index in [0.717, 1.165) is 38.5 Å². The molecule has 0 spiro atoms. The van der Waals surface area contributed by atoms with Crippen LogP contribution >= 0.6 is 7.82 Å². The molecule has 0 aromatic heterocycles. The fourth-order valence-electron chi connectivity index (χ4n) is 4.40. The summed E-state index contributed by atoms with van der Waals surface area (Å²) in [5, 5.41) is 13.6. The quantitative estimate of drug-likeness (QED) is 0.0398. The van der Waals surface area contributed by atoms with Crippen LogP contribution in [0, 0.1) is 0 Å². The molecule has 1 unspecified atom stereocenters. The van der Waals surface area contributed by atoms with Crippen LogP contribution in [-0.2, 0) is 18.4 Å². The van der Waals surface area contributed by atoms with Gasteiger partial charge in [0.2, 0.25) is 5.91 Å². The van der Waals surface area contributed by atoms with E-state index in [1.165, 1.54) is 70.6 Å². The van der Waals surface area contributed by atoms with Crippen LogP contribution in [0.4, 0.5) is 0 Å². The zero-order valence-corrected chi connectivity index (χ0v) is 28.6. The molecule has 0 aromatic rings. The van der Waals surface area contributed by atoms with E-state index in [-0.39, 0.29) is 12.5 Å². The van der Waals surface area contributed by atoms with Crippen molar-refractivity contribution >= 4 is 13.7 Å². The molecule has 0 aliphatic heterocycles. The summed E-state index contributed by atoms with van der Waals surface area (Å²) in [6.45, 7) is 4.52. The Balaban J connectivity index is 4.66. The van der Waals surface area contributed by atoms with Crippen LogP contribution < -0.4 is 10.2 Å². The normalized spacial score (nSPS) is 15.3. The second kappa shape index (κ2) is 26.4. The van der Waals surface area contributed by atoms with Gasteiger partial charge in [0, 0.05) is 6.42 Å². The third-order valence-corrected chi connectivity index (χ3v) is 8.13. The molecule has 248 valence electrons. The molecule has 0 saturated heterocycles. The molecule has 0 radical (unpaired) electrons. The third kappa shape index (κ3) is 27.8. The molecule has 0 fully saturated rings. The van der Waals surface area contributed by atoms with Gasteiger partial charge < -0.3 is 28.8 Å². The van der Waals surface area contributed by atoms with Crippen molar-refractivity contribution in [1.82, 2.24) is 5.32 Å². The lowest BCUT2D eigenvalue weighted by molar-refractivity contribution is -0.870. The largest absolute Gasteiger partial charge is 0.756 e. The molecule has 0 aliphatic rings. The highest BCUT2D eigenvalue weighted by atomic mass is 31.2. The number of nitrogens with zero attached hydrogens (tertiary/aromatic N) is 1. The van der Waals surface area contributed by atoms with Crippen LogP contribution in [0.25, 0.3) is 0 Å². The number of allylic oxidation sites excluding steroid dienone is 3. The smallest absolute Gasteiger partial charge is 0.268 e. The Morgan fingerprint density at radius 1 is 0.810 bits per heavy atom. The third-order valence-electron chi connectivity index (χ3n) is 7.16. The lowest BCUT2D eigenvalue weighted by atomic mass is 10.0. The summed E-state index contributed by atoms with van der Waals surface area (Å²) < 4.78 is 22.9. The summed E-state index contributed by atoms with van der Waals surface area (Å²) in [6, 6.07) is -0.893. The lowest BCUT2D eigenvalue weighted by Gasteiger charge is -2.29. The van der Waals surface area contributed by atoms with Gasteiger partial charge in [-0.1, -0.05) is 115 Å². The van der Waals surface area contributed by atoms with Crippen LogP contribution in [0.15, 0.2) is 24.3 Å². The first kappa shape index (κ1) is 41.0. The minimum absolute atomic E-state index is 0.00538. The van der Waals surface area contributed by atoms with E-state index in [4.69, 9.17) is 9.05 Å². The number of nitrogens with one attached hydrogen (secondary N) is 1. The number of unbranched alkanes of at least 4 members (excludes halogenated alkanes) is 14.